The van der Waals surface area contributed by atoms with Crippen LogP contribution < -0.4 is 0 Å². The van der Waals surface area contributed by atoms with Gasteiger partial charge in [0, 0.05) is 6.92 Å². The minimum absolute atomic E-state index is 0.231. The molecular formula is C6H12O4. The van der Waals surface area contributed by atoms with Crippen LogP contribution in [-0.2, 0) is 9.59 Å². The van der Waals surface area contributed by atoms with E-state index in [-0.39, 0.29) is 5.92 Å². The molecule has 0 bridgehead atoms. The normalized spacial score (nSPS) is 8.00. The molecule has 0 spiro atoms. The first-order valence-corrected chi connectivity index (χ1v) is 2.80. The zero-order valence-corrected chi connectivity index (χ0v) is 6.29. The van der Waals surface area contributed by atoms with Crippen LogP contribution in [0.4, 0.5) is 0 Å². The highest BCUT2D eigenvalue weighted by molar-refractivity contribution is 5.68. The van der Waals surface area contributed by atoms with Gasteiger partial charge in [-0.3, -0.25) is 9.59 Å². The van der Waals surface area contributed by atoms with Gasteiger partial charge in [0.05, 0.1) is 5.92 Å². The van der Waals surface area contributed by atoms with Crippen molar-refractivity contribution in [1.82, 2.24) is 0 Å². The molecule has 0 rings (SSSR count). The van der Waals surface area contributed by atoms with Crippen LogP contribution in [0.2, 0.25) is 0 Å². The zero-order chi connectivity index (χ0) is 8.73. The molecule has 0 aliphatic heterocycles. The highest BCUT2D eigenvalue weighted by atomic mass is 16.4. The molecule has 0 radical (unpaired) electrons. The smallest absolute Gasteiger partial charge is 0.305 e. The van der Waals surface area contributed by atoms with Crippen LogP contribution in [0.5, 0.6) is 0 Å². The lowest BCUT2D eigenvalue weighted by Gasteiger charge is -1.89. The fourth-order valence-electron chi connectivity index (χ4n) is 0. The van der Waals surface area contributed by atoms with Crippen molar-refractivity contribution in [1.29, 1.82) is 0 Å². The van der Waals surface area contributed by atoms with Gasteiger partial charge < -0.3 is 10.2 Å². The summed E-state index contributed by atoms with van der Waals surface area (Å²) in [5.74, 6) is -1.81. The number of aliphatic carboxylic acids is 2. The van der Waals surface area contributed by atoms with E-state index in [0.717, 1.165) is 6.92 Å². The molecule has 0 saturated carbocycles. The molecule has 0 aromatic rings. The van der Waals surface area contributed by atoms with Gasteiger partial charge in [-0.05, 0) is 0 Å². The second-order valence-corrected chi connectivity index (χ2v) is 2.01. The first-order chi connectivity index (χ1) is 4.37. The molecule has 2 N–H and O–H groups in total. The maximum Gasteiger partial charge on any atom is 0.305 e. The van der Waals surface area contributed by atoms with Crippen molar-refractivity contribution in [3.8, 4) is 0 Å². The Bertz CT molecular complexity index is 113. The van der Waals surface area contributed by atoms with Gasteiger partial charge in [-0.2, -0.15) is 0 Å². The summed E-state index contributed by atoms with van der Waals surface area (Å²) < 4.78 is 0. The van der Waals surface area contributed by atoms with Gasteiger partial charge in [0.2, 0.25) is 0 Å². The quantitative estimate of drug-likeness (QED) is 0.577. The third kappa shape index (κ3) is 28.3. The molecule has 60 valence electrons. The highest BCUT2D eigenvalue weighted by Gasteiger charge is 1.99. The summed E-state index contributed by atoms with van der Waals surface area (Å²) in [6.07, 6.45) is 0. The van der Waals surface area contributed by atoms with E-state index in [1.54, 1.807) is 13.8 Å². The predicted octanol–water partition coefficient (Wildman–Crippen LogP) is 0.818. The van der Waals surface area contributed by atoms with E-state index >= 15 is 0 Å². The van der Waals surface area contributed by atoms with E-state index in [2.05, 4.69) is 0 Å². The molecule has 0 unspecified atom stereocenters. The second-order valence-electron chi connectivity index (χ2n) is 2.01. The molecule has 0 heterocycles. The molecule has 0 fully saturated rings. The van der Waals surface area contributed by atoms with Crippen molar-refractivity contribution in [2.24, 2.45) is 5.92 Å². The van der Waals surface area contributed by atoms with Crippen LogP contribution in [0.15, 0.2) is 0 Å². The molecule has 4 heteroatoms. The number of carbonyl (C=O) groups is 2. The largest absolute Gasteiger partial charge is 0.481 e. The standard InChI is InChI=1S/C4H8O2.C2H4O2/c1-3(2)4(5)6;1-2(3)4/h3H,1-2H3,(H,5,6);1H3,(H,3,4). The summed E-state index contributed by atoms with van der Waals surface area (Å²) in [5.41, 5.74) is 0. The van der Waals surface area contributed by atoms with Crippen LogP contribution in [0.3, 0.4) is 0 Å². The van der Waals surface area contributed by atoms with Gasteiger partial charge in [-0.25, -0.2) is 0 Å². The van der Waals surface area contributed by atoms with Crippen molar-refractivity contribution in [3.05, 3.63) is 0 Å². The van der Waals surface area contributed by atoms with Crippen molar-refractivity contribution < 1.29 is 19.8 Å². The minimum atomic E-state index is -0.833. The Morgan fingerprint density at radius 3 is 1.30 bits per heavy atom. The molecule has 0 aliphatic rings. The lowest BCUT2D eigenvalue weighted by Crippen LogP contribution is -2.03. The zero-order valence-electron chi connectivity index (χ0n) is 6.29. The Morgan fingerprint density at radius 1 is 1.20 bits per heavy atom. The van der Waals surface area contributed by atoms with E-state index in [4.69, 9.17) is 15.0 Å². The average Bonchev–Trinajstić information content (AvgIpc) is 1.63. The van der Waals surface area contributed by atoms with Gasteiger partial charge in [0.1, 0.15) is 0 Å². The number of hydrogen-bond donors (Lipinski definition) is 2. The summed E-state index contributed by atoms with van der Waals surface area (Å²) in [7, 11) is 0. The lowest BCUT2D eigenvalue weighted by molar-refractivity contribution is -0.140. The number of hydrogen-bond acceptors (Lipinski definition) is 2. The maximum absolute atomic E-state index is 9.70. The van der Waals surface area contributed by atoms with Gasteiger partial charge in [-0.15, -0.1) is 0 Å². The van der Waals surface area contributed by atoms with Crippen molar-refractivity contribution in [3.63, 3.8) is 0 Å². The molecule has 0 amide bonds. The van der Waals surface area contributed by atoms with Crippen LogP contribution in [0.25, 0.3) is 0 Å². The van der Waals surface area contributed by atoms with Crippen LogP contribution in [0.1, 0.15) is 20.8 Å². The maximum atomic E-state index is 9.70. The molecule has 0 saturated heterocycles. The van der Waals surface area contributed by atoms with Gasteiger partial charge in [-0.1, -0.05) is 13.8 Å². The first kappa shape index (κ1) is 11.7. The molecule has 0 aromatic heterocycles. The monoisotopic (exact) mass is 148 g/mol. The minimum Gasteiger partial charge on any atom is -0.481 e. The predicted molar refractivity (Wildman–Crippen MR) is 35.8 cm³/mol. The van der Waals surface area contributed by atoms with Gasteiger partial charge in [0.15, 0.2) is 0 Å². The van der Waals surface area contributed by atoms with Crippen molar-refractivity contribution >= 4 is 11.9 Å². The first-order valence-electron chi connectivity index (χ1n) is 2.80. The number of carboxylic acids is 2. The average molecular weight is 148 g/mol. The SMILES string of the molecule is CC(=O)O.CC(C)C(=O)O. The summed E-state index contributed by atoms with van der Waals surface area (Å²) >= 11 is 0. The van der Waals surface area contributed by atoms with Gasteiger partial charge >= 0.3 is 5.97 Å². The van der Waals surface area contributed by atoms with Crippen LogP contribution in [-0.4, -0.2) is 22.2 Å². The van der Waals surface area contributed by atoms with Crippen molar-refractivity contribution in [2.45, 2.75) is 20.8 Å². The topological polar surface area (TPSA) is 74.6 Å². The van der Waals surface area contributed by atoms with E-state index in [9.17, 15) is 4.79 Å². The van der Waals surface area contributed by atoms with E-state index in [0.29, 0.717) is 0 Å². The van der Waals surface area contributed by atoms with E-state index in [1.165, 1.54) is 0 Å². The molecule has 0 aliphatic carbocycles. The highest BCUT2D eigenvalue weighted by Crippen LogP contribution is 1.87. The summed E-state index contributed by atoms with van der Waals surface area (Å²) in [6, 6.07) is 0. The number of rotatable bonds is 1. The molecular weight excluding hydrogens is 136 g/mol. The Labute approximate surface area is 59.5 Å². The molecule has 0 atom stereocenters. The third-order valence-electron chi connectivity index (χ3n) is 0.494. The lowest BCUT2D eigenvalue weighted by atomic mass is 10.2. The molecule has 10 heavy (non-hydrogen) atoms. The van der Waals surface area contributed by atoms with Crippen molar-refractivity contribution in [2.75, 3.05) is 0 Å². The Morgan fingerprint density at radius 2 is 1.30 bits per heavy atom. The van der Waals surface area contributed by atoms with Crippen LogP contribution >= 0.6 is 0 Å². The Hall–Kier alpha value is -1.06. The van der Waals surface area contributed by atoms with E-state index < -0.39 is 11.9 Å². The number of carboxylic acid groups (broad SMARTS) is 2. The Balaban J connectivity index is 0. The molecule has 4 nitrogen and oxygen atoms in total. The summed E-state index contributed by atoms with van der Waals surface area (Å²) in [6.45, 7) is 4.37. The molecule has 0 aromatic carbocycles. The van der Waals surface area contributed by atoms with Crippen LogP contribution in [0, 0.1) is 5.92 Å². The summed E-state index contributed by atoms with van der Waals surface area (Å²) in [5, 5.41) is 15.4. The summed E-state index contributed by atoms with van der Waals surface area (Å²) in [4.78, 5) is 18.7. The second kappa shape index (κ2) is 6.07. The van der Waals surface area contributed by atoms with Gasteiger partial charge in [0.25, 0.3) is 5.97 Å². The fraction of sp³-hybridized carbons (Fsp3) is 0.667. The Kier molecular flexibility index (Phi) is 7.10. The fourth-order valence-corrected chi connectivity index (χ4v) is 0. The van der Waals surface area contributed by atoms with E-state index in [1.807, 2.05) is 0 Å². The third-order valence-corrected chi connectivity index (χ3v) is 0.494.